The molecule has 2 fully saturated rings. The number of rotatable bonds is 6. The van der Waals surface area contributed by atoms with Crippen molar-refractivity contribution in [2.75, 3.05) is 12.3 Å². The largest absolute Gasteiger partial charge is 0.399 e. The Hall–Kier alpha value is -1.21. The van der Waals surface area contributed by atoms with Crippen LogP contribution in [0.4, 0.5) is 14.5 Å². The molecule has 0 heterocycles. The lowest BCUT2D eigenvalue weighted by atomic mass is 9.99. The second-order valence-electron chi connectivity index (χ2n) is 6.00. The second kappa shape index (κ2) is 5.21. The van der Waals surface area contributed by atoms with E-state index in [1.165, 1.54) is 0 Å². The highest BCUT2D eigenvalue weighted by Crippen LogP contribution is 2.48. The first-order chi connectivity index (χ1) is 9.88. The first-order valence-electron chi connectivity index (χ1n) is 7.12. The van der Waals surface area contributed by atoms with Crippen LogP contribution in [0.5, 0.6) is 0 Å². The van der Waals surface area contributed by atoms with Crippen LogP contribution in [0.25, 0.3) is 0 Å². The van der Waals surface area contributed by atoms with Crippen molar-refractivity contribution in [1.29, 1.82) is 0 Å². The number of hydrogen-bond acceptors (Lipinski definition) is 3. The Balaban J connectivity index is 1.77. The monoisotopic (exact) mass is 316 g/mol. The zero-order valence-electron chi connectivity index (χ0n) is 11.5. The summed E-state index contributed by atoms with van der Waals surface area (Å²) in [6.45, 7) is 0.251. The SMILES string of the molecule is Nc1cc(F)c(S(=O)(=O)NCC(C2CC2)C2CC2)c(F)c1. The molecule has 3 N–H and O–H groups in total. The van der Waals surface area contributed by atoms with Crippen molar-refractivity contribution < 1.29 is 17.2 Å². The Labute approximate surface area is 122 Å². The van der Waals surface area contributed by atoms with E-state index in [1.807, 2.05) is 0 Å². The summed E-state index contributed by atoms with van der Waals surface area (Å²) >= 11 is 0. The number of nitrogens with two attached hydrogens (primary N) is 1. The molecule has 4 nitrogen and oxygen atoms in total. The second-order valence-corrected chi connectivity index (χ2v) is 7.71. The molecular formula is C14H18F2N2O2S. The molecule has 0 atom stereocenters. The van der Waals surface area contributed by atoms with Crippen molar-refractivity contribution in [3.63, 3.8) is 0 Å². The van der Waals surface area contributed by atoms with Crippen molar-refractivity contribution >= 4 is 15.7 Å². The molecule has 0 aromatic heterocycles. The normalized spacial score (nSPS) is 19.2. The van der Waals surface area contributed by atoms with E-state index in [0.717, 1.165) is 37.8 Å². The van der Waals surface area contributed by atoms with E-state index in [-0.39, 0.29) is 12.2 Å². The first-order valence-corrected chi connectivity index (χ1v) is 8.61. The number of benzene rings is 1. The average Bonchev–Trinajstić information content (AvgIpc) is 3.22. The van der Waals surface area contributed by atoms with Crippen molar-refractivity contribution in [3.05, 3.63) is 23.8 Å². The molecule has 3 rings (SSSR count). The van der Waals surface area contributed by atoms with Crippen LogP contribution in [0.2, 0.25) is 0 Å². The van der Waals surface area contributed by atoms with Crippen molar-refractivity contribution in [2.24, 2.45) is 17.8 Å². The van der Waals surface area contributed by atoms with Gasteiger partial charge in [-0.15, -0.1) is 0 Å². The summed E-state index contributed by atoms with van der Waals surface area (Å²) in [7, 11) is -4.20. The standard InChI is InChI=1S/C14H18F2N2O2S/c15-12-5-10(17)6-13(16)14(12)21(19,20)18-7-11(8-1-2-8)9-3-4-9/h5-6,8-9,11,18H,1-4,7,17H2. The van der Waals surface area contributed by atoms with Crippen LogP contribution in [0.1, 0.15) is 25.7 Å². The summed E-state index contributed by atoms with van der Waals surface area (Å²) in [5.74, 6) is -0.911. The van der Waals surface area contributed by atoms with Gasteiger partial charge in [0, 0.05) is 12.2 Å². The van der Waals surface area contributed by atoms with Gasteiger partial charge in [0.15, 0.2) is 4.90 Å². The molecular weight excluding hydrogens is 298 g/mol. The number of nitrogen functional groups attached to an aromatic ring is 1. The molecule has 21 heavy (non-hydrogen) atoms. The van der Waals surface area contributed by atoms with Crippen LogP contribution < -0.4 is 10.5 Å². The minimum atomic E-state index is -4.20. The van der Waals surface area contributed by atoms with E-state index in [0.29, 0.717) is 17.8 Å². The fourth-order valence-electron chi connectivity index (χ4n) is 2.88. The maximum Gasteiger partial charge on any atom is 0.246 e. The smallest absolute Gasteiger partial charge is 0.246 e. The highest BCUT2D eigenvalue weighted by molar-refractivity contribution is 7.89. The lowest BCUT2D eigenvalue weighted by molar-refractivity contribution is 0.400. The van der Waals surface area contributed by atoms with Crippen molar-refractivity contribution in [2.45, 2.75) is 30.6 Å². The topological polar surface area (TPSA) is 72.2 Å². The molecule has 0 bridgehead atoms. The quantitative estimate of drug-likeness (QED) is 0.791. The Morgan fingerprint density at radius 3 is 2.05 bits per heavy atom. The zero-order chi connectivity index (χ0) is 15.2. The Morgan fingerprint density at radius 1 is 1.14 bits per heavy atom. The van der Waals surface area contributed by atoms with Gasteiger partial charge in [0.25, 0.3) is 0 Å². The molecule has 0 aliphatic heterocycles. The van der Waals surface area contributed by atoms with Crippen LogP contribution in [0.3, 0.4) is 0 Å². The van der Waals surface area contributed by atoms with Crippen molar-refractivity contribution in [1.82, 2.24) is 4.72 Å². The molecule has 7 heteroatoms. The van der Waals surface area contributed by atoms with E-state index in [2.05, 4.69) is 4.72 Å². The third kappa shape index (κ3) is 3.18. The van der Waals surface area contributed by atoms with Crippen molar-refractivity contribution in [3.8, 4) is 0 Å². The summed E-state index contributed by atoms with van der Waals surface area (Å²) in [4.78, 5) is -0.943. The van der Waals surface area contributed by atoms with E-state index >= 15 is 0 Å². The fourth-order valence-corrected chi connectivity index (χ4v) is 4.07. The van der Waals surface area contributed by atoms with Gasteiger partial charge in [0.2, 0.25) is 10.0 Å². The van der Waals surface area contributed by atoms with Crippen LogP contribution in [0.15, 0.2) is 17.0 Å². The van der Waals surface area contributed by atoms with E-state index in [9.17, 15) is 17.2 Å². The lowest BCUT2D eigenvalue weighted by Gasteiger charge is -2.17. The average molecular weight is 316 g/mol. The highest BCUT2D eigenvalue weighted by Gasteiger charge is 2.41. The Kier molecular flexibility index (Phi) is 3.65. The van der Waals surface area contributed by atoms with Crippen LogP contribution in [-0.4, -0.2) is 15.0 Å². The molecule has 2 saturated carbocycles. The zero-order valence-corrected chi connectivity index (χ0v) is 12.3. The number of anilines is 1. The van der Waals surface area contributed by atoms with E-state index in [1.54, 1.807) is 0 Å². The molecule has 0 spiro atoms. The van der Waals surface area contributed by atoms with E-state index in [4.69, 9.17) is 5.73 Å². The van der Waals surface area contributed by atoms with Gasteiger partial charge < -0.3 is 5.73 Å². The number of nitrogens with one attached hydrogen (secondary N) is 1. The molecule has 2 aliphatic carbocycles. The highest BCUT2D eigenvalue weighted by atomic mass is 32.2. The minimum Gasteiger partial charge on any atom is -0.399 e. The summed E-state index contributed by atoms with van der Waals surface area (Å²) in [6.07, 6.45) is 4.47. The molecule has 1 aromatic rings. The maximum atomic E-state index is 13.7. The minimum absolute atomic E-state index is 0.141. The molecule has 1 aromatic carbocycles. The van der Waals surface area contributed by atoms with Crippen LogP contribution in [-0.2, 0) is 10.0 Å². The van der Waals surface area contributed by atoms with Gasteiger partial charge in [0.1, 0.15) is 11.6 Å². The lowest BCUT2D eigenvalue weighted by Crippen LogP contribution is -2.32. The first kappa shape index (κ1) is 14.7. The van der Waals surface area contributed by atoms with Gasteiger partial charge in [0.05, 0.1) is 0 Å². The van der Waals surface area contributed by atoms with Gasteiger partial charge in [-0.25, -0.2) is 21.9 Å². The van der Waals surface area contributed by atoms with Gasteiger partial charge in [-0.3, -0.25) is 0 Å². The third-order valence-corrected chi connectivity index (χ3v) is 5.73. The van der Waals surface area contributed by atoms with E-state index < -0.39 is 26.6 Å². The molecule has 0 saturated heterocycles. The molecule has 0 radical (unpaired) electrons. The molecule has 0 amide bonds. The number of halogens is 2. The number of sulfonamides is 1. The van der Waals surface area contributed by atoms with Gasteiger partial charge in [-0.1, -0.05) is 0 Å². The molecule has 116 valence electrons. The third-order valence-electron chi connectivity index (χ3n) is 4.25. The molecule has 0 unspecified atom stereocenters. The summed E-state index contributed by atoms with van der Waals surface area (Å²) in [5, 5.41) is 0. The Bertz CT molecular complexity index is 620. The van der Waals surface area contributed by atoms with Gasteiger partial charge in [-0.05, 0) is 55.6 Å². The summed E-state index contributed by atoms with van der Waals surface area (Å²) in [6, 6.07) is 1.63. The predicted octanol–water partition coefficient (Wildman–Crippen LogP) is 2.26. The summed E-state index contributed by atoms with van der Waals surface area (Å²) < 4.78 is 54.1. The Morgan fingerprint density at radius 2 is 1.62 bits per heavy atom. The van der Waals surface area contributed by atoms with Crippen LogP contribution >= 0.6 is 0 Å². The summed E-state index contributed by atoms with van der Waals surface area (Å²) in [5.41, 5.74) is 5.15. The number of hydrogen-bond donors (Lipinski definition) is 2. The predicted molar refractivity (Wildman–Crippen MR) is 74.9 cm³/mol. The maximum absolute atomic E-state index is 13.7. The fraction of sp³-hybridized carbons (Fsp3) is 0.571. The van der Waals surface area contributed by atoms with Gasteiger partial charge >= 0.3 is 0 Å². The van der Waals surface area contributed by atoms with Crippen LogP contribution in [0, 0.1) is 29.4 Å². The van der Waals surface area contributed by atoms with Gasteiger partial charge in [-0.2, -0.15) is 0 Å². The molecule has 2 aliphatic rings.